The second-order valence-electron chi connectivity index (χ2n) is 9.19. The Morgan fingerprint density at radius 1 is 1.25 bits per heavy atom. The van der Waals surface area contributed by atoms with Crippen molar-refractivity contribution in [3.05, 3.63) is 47.2 Å². The molecule has 9 nitrogen and oxygen atoms in total. The van der Waals surface area contributed by atoms with Gasteiger partial charge in [0.15, 0.2) is 0 Å². The lowest BCUT2D eigenvalue weighted by molar-refractivity contribution is -0.137. The first-order valence-corrected chi connectivity index (χ1v) is 13.7. The number of fused-ring (bicyclic) bond motifs is 1. The lowest BCUT2D eigenvalue weighted by Gasteiger charge is -2.35. The van der Waals surface area contributed by atoms with Crippen LogP contribution in [0.15, 0.2) is 40.9 Å². The van der Waals surface area contributed by atoms with E-state index >= 15 is 0 Å². The van der Waals surface area contributed by atoms with E-state index in [9.17, 15) is 18.3 Å². The third-order valence-corrected chi connectivity index (χ3v) is 8.09. The van der Waals surface area contributed by atoms with E-state index < -0.39 is 22.1 Å². The predicted octanol–water partition coefficient (Wildman–Crippen LogP) is 3.93. The molecule has 0 saturated heterocycles. The van der Waals surface area contributed by atoms with Gasteiger partial charge in [-0.15, -0.1) is 0 Å². The first-order valence-electron chi connectivity index (χ1n) is 12.2. The number of carboxylic acid groups (broad SMARTS) is 1. The van der Waals surface area contributed by atoms with Crippen molar-refractivity contribution >= 4 is 27.8 Å². The van der Waals surface area contributed by atoms with Gasteiger partial charge in [-0.2, -0.15) is 0 Å². The molecule has 2 aliphatic rings. The summed E-state index contributed by atoms with van der Waals surface area (Å²) >= 11 is 0. The molecule has 10 heteroatoms. The molecule has 194 valence electrons. The summed E-state index contributed by atoms with van der Waals surface area (Å²) in [5.41, 5.74) is 3.25. The van der Waals surface area contributed by atoms with E-state index in [1.165, 1.54) is 28.6 Å². The maximum absolute atomic E-state index is 14.0. The Balaban J connectivity index is 1.77. The number of carboxylic acids is 1. The Labute approximate surface area is 211 Å². The molecule has 0 spiro atoms. The highest BCUT2D eigenvalue weighted by atomic mass is 32.2. The standard InChI is InChI=1S/C26H32N2O7S/c1-18-13-24(26(27-16-18)34-12-11-29)36(32,33)28-17-21(8-10-25(30)31)35-23-9-7-20(15-22(23)28)14-19-5-3-2-4-6-19/h7,9,13-16,21,29H,2-6,8,10-12,17H2,1H3,(H,30,31)/t21-/m0/s1. The van der Waals surface area contributed by atoms with Crippen molar-refractivity contribution in [3.8, 4) is 11.6 Å². The molecule has 0 amide bonds. The minimum atomic E-state index is -4.16. The van der Waals surface area contributed by atoms with Crippen LogP contribution in [0.1, 0.15) is 56.1 Å². The van der Waals surface area contributed by atoms with Crippen molar-refractivity contribution in [2.45, 2.75) is 62.9 Å². The normalized spacial score (nSPS) is 17.8. The van der Waals surface area contributed by atoms with Crippen LogP contribution in [0.3, 0.4) is 0 Å². The minimum Gasteiger partial charge on any atom is -0.486 e. The van der Waals surface area contributed by atoms with Gasteiger partial charge in [-0.1, -0.05) is 24.1 Å². The van der Waals surface area contributed by atoms with E-state index in [1.54, 1.807) is 19.1 Å². The average Bonchev–Trinajstić information content (AvgIpc) is 2.86. The van der Waals surface area contributed by atoms with Gasteiger partial charge in [0.2, 0.25) is 5.88 Å². The average molecular weight is 517 g/mol. The molecule has 4 rings (SSSR count). The van der Waals surface area contributed by atoms with E-state index in [4.69, 9.17) is 14.6 Å². The lowest BCUT2D eigenvalue weighted by atomic mass is 9.93. The highest BCUT2D eigenvalue weighted by Gasteiger charge is 2.37. The van der Waals surface area contributed by atoms with Crippen LogP contribution in [-0.4, -0.2) is 55.4 Å². The Kier molecular flexibility index (Phi) is 8.15. The number of hydrogen-bond donors (Lipinski definition) is 2. The number of benzene rings is 1. The second kappa shape index (κ2) is 11.3. The zero-order valence-corrected chi connectivity index (χ0v) is 21.2. The number of aliphatic hydroxyl groups is 1. The molecule has 1 aromatic heterocycles. The molecule has 36 heavy (non-hydrogen) atoms. The molecule has 1 aliphatic carbocycles. The summed E-state index contributed by atoms with van der Waals surface area (Å²) in [7, 11) is -4.16. The molecule has 0 radical (unpaired) electrons. The fraction of sp³-hybridized carbons (Fsp3) is 0.462. The zero-order valence-electron chi connectivity index (χ0n) is 20.4. The number of allylic oxidation sites excluding steroid dienone is 1. The van der Waals surface area contributed by atoms with Crippen LogP contribution >= 0.6 is 0 Å². The first kappa shape index (κ1) is 26.0. The van der Waals surface area contributed by atoms with Gasteiger partial charge in [0.05, 0.1) is 18.8 Å². The number of sulfonamides is 1. The van der Waals surface area contributed by atoms with E-state index in [-0.39, 0.29) is 43.4 Å². The largest absolute Gasteiger partial charge is 0.486 e. The fourth-order valence-electron chi connectivity index (χ4n) is 4.55. The molecule has 1 aliphatic heterocycles. The van der Waals surface area contributed by atoms with Crippen LogP contribution < -0.4 is 13.8 Å². The minimum absolute atomic E-state index is 0.0456. The third kappa shape index (κ3) is 5.99. The summed E-state index contributed by atoms with van der Waals surface area (Å²) in [5, 5.41) is 18.3. The van der Waals surface area contributed by atoms with Crippen molar-refractivity contribution in [2.75, 3.05) is 24.1 Å². The van der Waals surface area contributed by atoms with Gasteiger partial charge in [-0.25, -0.2) is 13.4 Å². The highest BCUT2D eigenvalue weighted by Crippen LogP contribution is 2.40. The van der Waals surface area contributed by atoms with Crippen molar-refractivity contribution in [2.24, 2.45) is 0 Å². The SMILES string of the molecule is Cc1cnc(OCCO)c(S(=O)(=O)N2C[C@H](CCC(=O)O)Oc3ccc(C=C4CCCCC4)cc32)c1. The van der Waals surface area contributed by atoms with Gasteiger partial charge >= 0.3 is 5.97 Å². The van der Waals surface area contributed by atoms with Gasteiger partial charge in [-0.05, 0) is 68.4 Å². The number of pyridine rings is 1. The first-order chi connectivity index (χ1) is 17.3. The van der Waals surface area contributed by atoms with Crippen molar-refractivity contribution < 1.29 is 32.9 Å². The summed E-state index contributed by atoms with van der Waals surface area (Å²) in [6.45, 7) is 1.30. The molecule has 0 unspecified atom stereocenters. The van der Waals surface area contributed by atoms with Crippen LogP contribution in [0.25, 0.3) is 6.08 Å². The summed E-state index contributed by atoms with van der Waals surface area (Å²) in [6.07, 6.45) is 8.61. The number of ether oxygens (including phenoxy) is 2. The number of carbonyl (C=O) groups is 1. The third-order valence-electron chi connectivity index (χ3n) is 6.31. The van der Waals surface area contributed by atoms with Gasteiger partial charge in [0, 0.05) is 12.6 Å². The Hall–Kier alpha value is -3.11. The van der Waals surface area contributed by atoms with Gasteiger partial charge in [-0.3, -0.25) is 9.10 Å². The fourth-order valence-corrected chi connectivity index (χ4v) is 6.22. The van der Waals surface area contributed by atoms with E-state index in [2.05, 4.69) is 11.1 Å². The second-order valence-corrected chi connectivity index (χ2v) is 11.0. The molecule has 2 aromatic rings. The quantitative estimate of drug-likeness (QED) is 0.513. The Morgan fingerprint density at radius 3 is 2.75 bits per heavy atom. The zero-order chi connectivity index (χ0) is 25.7. The number of rotatable bonds is 9. The number of anilines is 1. The van der Waals surface area contributed by atoms with Gasteiger partial charge in [0.25, 0.3) is 10.0 Å². The van der Waals surface area contributed by atoms with Crippen molar-refractivity contribution in [1.29, 1.82) is 0 Å². The molecular formula is C26H32N2O7S. The molecule has 1 saturated carbocycles. The van der Waals surface area contributed by atoms with E-state index in [1.807, 2.05) is 6.07 Å². The molecule has 2 N–H and O–H groups in total. The van der Waals surface area contributed by atoms with Crippen LogP contribution in [0.4, 0.5) is 5.69 Å². The summed E-state index contributed by atoms with van der Waals surface area (Å²) < 4.78 is 40.8. The van der Waals surface area contributed by atoms with E-state index in [0.717, 1.165) is 31.2 Å². The maximum atomic E-state index is 14.0. The van der Waals surface area contributed by atoms with Crippen molar-refractivity contribution in [3.63, 3.8) is 0 Å². The van der Waals surface area contributed by atoms with Crippen LogP contribution in [0, 0.1) is 6.92 Å². The molecule has 1 fully saturated rings. The number of aryl methyl sites for hydroxylation is 1. The summed E-state index contributed by atoms with van der Waals surface area (Å²) in [4.78, 5) is 15.2. The van der Waals surface area contributed by atoms with Gasteiger partial charge in [0.1, 0.15) is 23.4 Å². The smallest absolute Gasteiger partial charge is 0.303 e. The molecule has 1 aromatic carbocycles. The van der Waals surface area contributed by atoms with Gasteiger partial charge < -0.3 is 19.7 Å². The molecular weight excluding hydrogens is 484 g/mol. The van der Waals surface area contributed by atoms with Crippen LogP contribution in [0.5, 0.6) is 11.6 Å². The number of aromatic nitrogens is 1. The number of aliphatic carboxylic acids is 1. The Morgan fingerprint density at radius 2 is 2.03 bits per heavy atom. The summed E-state index contributed by atoms with van der Waals surface area (Å²) in [6, 6.07) is 6.94. The van der Waals surface area contributed by atoms with E-state index in [0.29, 0.717) is 17.0 Å². The summed E-state index contributed by atoms with van der Waals surface area (Å²) in [5.74, 6) is -0.689. The van der Waals surface area contributed by atoms with Crippen LogP contribution in [0.2, 0.25) is 0 Å². The molecule has 1 atom stereocenters. The maximum Gasteiger partial charge on any atom is 0.303 e. The number of aliphatic hydroxyl groups excluding tert-OH is 1. The monoisotopic (exact) mass is 516 g/mol. The molecule has 0 bridgehead atoms. The topological polar surface area (TPSA) is 126 Å². The molecule has 2 heterocycles. The number of hydrogen-bond acceptors (Lipinski definition) is 7. The lowest BCUT2D eigenvalue weighted by Crippen LogP contribution is -2.44. The number of nitrogens with zero attached hydrogens (tertiary/aromatic N) is 2. The van der Waals surface area contributed by atoms with Crippen molar-refractivity contribution in [1.82, 2.24) is 4.98 Å². The van der Waals surface area contributed by atoms with Crippen LogP contribution in [-0.2, 0) is 14.8 Å². The highest BCUT2D eigenvalue weighted by molar-refractivity contribution is 7.93. The Bertz CT molecular complexity index is 1230. The predicted molar refractivity (Wildman–Crippen MR) is 135 cm³/mol.